The molecule has 1 aromatic carbocycles. The van der Waals surface area contributed by atoms with Crippen LogP contribution in [0.5, 0.6) is 0 Å². The average molecular weight is 292 g/mol. The highest BCUT2D eigenvalue weighted by Crippen LogP contribution is 2.30. The number of benzene rings is 1. The summed E-state index contributed by atoms with van der Waals surface area (Å²) in [5.41, 5.74) is 0.978. The van der Waals surface area contributed by atoms with Crippen molar-refractivity contribution in [2.75, 3.05) is 0 Å². The summed E-state index contributed by atoms with van der Waals surface area (Å²) in [4.78, 5) is 14.6. The highest BCUT2D eigenvalue weighted by molar-refractivity contribution is 8.00. The Hall–Kier alpha value is -1.93. The minimum absolute atomic E-state index is 0.00454. The molecule has 3 aromatic rings. The van der Waals surface area contributed by atoms with Crippen LogP contribution >= 0.6 is 23.1 Å². The van der Waals surface area contributed by atoms with Crippen molar-refractivity contribution in [2.24, 2.45) is 0 Å². The molecule has 0 bridgehead atoms. The molecule has 0 aliphatic carbocycles. The SMILES string of the molecule is O=[N+]([O-])c1cnn(CSc2nc3ccccc3s2)c1. The zero-order valence-electron chi connectivity index (χ0n) is 9.59. The number of para-hydroxylation sites is 1. The van der Waals surface area contributed by atoms with Crippen molar-refractivity contribution in [3.63, 3.8) is 0 Å². The molecule has 0 N–H and O–H groups in total. The summed E-state index contributed by atoms with van der Waals surface area (Å²) in [7, 11) is 0. The lowest BCUT2D eigenvalue weighted by molar-refractivity contribution is -0.385. The lowest BCUT2D eigenvalue weighted by Crippen LogP contribution is -1.93. The Morgan fingerprint density at radius 1 is 1.42 bits per heavy atom. The van der Waals surface area contributed by atoms with Crippen molar-refractivity contribution in [2.45, 2.75) is 10.2 Å². The molecule has 0 saturated heterocycles. The van der Waals surface area contributed by atoms with Crippen LogP contribution < -0.4 is 0 Å². The molecule has 0 spiro atoms. The van der Waals surface area contributed by atoms with E-state index in [-0.39, 0.29) is 5.69 Å². The number of thioether (sulfide) groups is 1. The van der Waals surface area contributed by atoms with Crippen molar-refractivity contribution in [1.82, 2.24) is 14.8 Å². The first kappa shape index (κ1) is 12.1. The third-order valence-electron chi connectivity index (χ3n) is 2.42. The smallest absolute Gasteiger partial charge is 0.258 e. The first-order valence-corrected chi connectivity index (χ1v) is 7.18. The number of nitrogens with zero attached hydrogens (tertiary/aromatic N) is 4. The van der Waals surface area contributed by atoms with Gasteiger partial charge in [0.1, 0.15) is 12.4 Å². The summed E-state index contributed by atoms with van der Waals surface area (Å²) >= 11 is 3.12. The van der Waals surface area contributed by atoms with Crippen molar-refractivity contribution >= 4 is 39.0 Å². The van der Waals surface area contributed by atoms with Gasteiger partial charge in [-0.25, -0.2) is 4.98 Å². The Kier molecular flexibility index (Phi) is 3.18. The van der Waals surface area contributed by atoms with Crippen LogP contribution in [0.3, 0.4) is 0 Å². The predicted octanol–water partition coefficient (Wildman–Crippen LogP) is 3.15. The fourth-order valence-corrected chi connectivity index (χ4v) is 3.46. The molecule has 0 aliphatic heterocycles. The van der Waals surface area contributed by atoms with E-state index in [2.05, 4.69) is 10.1 Å². The molecule has 0 radical (unpaired) electrons. The normalized spacial score (nSPS) is 10.9. The maximum atomic E-state index is 10.5. The fraction of sp³-hybridized carbons (Fsp3) is 0.0909. The van der Waals surface area contributed by atoms with Gasteiger partial charge in [-0.2, -0.15) is 5.10 Å². The molecule has 0 unspecified atom stereocenters. The van der Waals surface area contributed by atoms with Crippen molar-refractivity contribution in [3.8, 4) is 0 Å². The van der Waals surface area contributed by atoms with Gasteiger partial charge < -0.3 is 0 Å². The van der Waals surface area contributed by atoms with Gasteiger partial charge in [-0.15, -0.1) is 11.3 Å². The van der Waals surface area contributed by atoms with Crippen LogP contribution in [0.4, 0.5) is 5.69 Å². The number of thiazole rings is 1. The molecular weight excluding hydrogens is 284 g/mol. The minimum atomic E-state index is -0.453. The van der Waals surface area contributed by atoms with E-state index in [0.717, 1.165) is 14.6 Å². The number of rotatable bonds is 4. The van der Waals surface area contributed by atoms with Gasteiger partial charge in [0.2, 0.25) is 0 Å². The number of nitro groups is 1. The molecule has 3 rings (SSSR count). The molecule has 8 heteroatoms. The quantitative estimate of drug-likeness (QED) is 0.419. The van der Waals surface area contributed by atoms with Crippen LogP contribution in [0, 0.1) is 10.1 Å². The second-order valence-electron chi connectivity index (χ2n) is 3.72. The highest BCUT2D eigenvalue weighted by Gasteiger charge is 2.09. The molecule has 6 nitrogen and oxygen atoms in total. The van der Waals surface area contributed by atoms with Gasteiger partial charge in [-0.05, 0) is 12.1 Å². The first-order chi connectivity index (χ1) is 9.22. The van der Waals surface area contributed by atoms with Gasteiger partial charge in [0.25, 0.3) is 0 Å². The van der Waals surface area contributed by atoms with Gasteiger partial charge in [0, 0.05) is 0 Å². The largest absolute Gasteiger partial charge is 0.307 e. The maximum absolute atomic E-state index is 10.5. The molecule has 0 atom stereocenters. The molecule has 2 heterocycles. The Balaban J connectivity index is 1.72. The van der Waals surface area contributed by atoms with E-state index in [1.165, 1.54) is 28.8 Å². The third-order valence-corrected chi connectivity index (χ3v) is 4.59. The Labute approximate surface area is 116 Å². The summed E-state index contributed by atoms with van der Waals surface area (Å²) in [6, 6.07) is 7.92. The lowest BCUT2D eigenvalue weighted by atomic mass is 10.3. The molecule has 2 aromatic heterocycles. The maximum Gasteiger partial charge on any atom is 0.307 e. The highest BCUT2D eigenvalue weighted by atomic mass is 32.2. The van der Waals surface area contributed by atoms with Crippen molar-refractivity contribution in [3.05, 3.63) is 46.8 Å². The summed E-state index contributed by atoms with van der Waals surface area (Å²) < 4.78 is 3.60. The molecular formula is C11H8N4O2S2. The van der Waals surface area contributed by atoms with E-state index in [9.17, 15) is 10.1 Å². The molecule has 0 amide bonds. The van der Waals surface area contributed by atoms with Gasteiger partial charge >= 0.3 is 5.69 Å². The fourth-order valence-electron chi connectivity index (χ4n) is 1.55. The monoisotopic (exact) mass is 292 g/mol. The Morgan fingerprint density at radius 3 is 3.00 bits per heavy atom. The van der Waals surface area contributed by atoms with Crippen LogP contribution in [0.1, 0.15) is 0 Å². The standard InChI is InChI=1S/C11H8N4O2S2/c16-15(17)8-5-12-14(6-8)7-18-11-13-9-3-1-2-4-10(9)19-11/h1-6H,7H2. The van der Waals surface area contributed by atoms with E-state index in [4.69, 9.17) is 0 Å². The predicted molar refractivity (Wildman–Crippen MR) is 74.4 cm³/mol. The van der Waals surface area contributed by atoms with Crippen LogP contribution in [0.25, 0.3) is 10.2 Å². The first-order valence-electron chi connectivity index (χ1n) is 5.37. The second-order valence-corrected chi connectivity index (χ2v) is 5.94. The molecule has 0 fully saturated rings. The lowest BCUT2D eigenvalue weighted by Gasteiger charge is -1.96. The van der Waals surface area contributed by atoms with Crippen molar-refractivity contribution < 1.29 is 4.92 Å². The van der Waals surface area contributed by atoms with Gasteiger partial charge in [0.05, 0.1) is 21.0 Å². The van der Waals surface area contributed by atoms with Crippen LogP contribution in [-0.2, 0) is 5.88 Å². The second kappa shape index (κ2) is 4.98. The van der Waals surface area contributed by atoms with Gasteiger partial charge in [-0.3, -0.25) is 14.8 Å². The van der Waals surface area contributed by atoms with E-state index in [1.807, 2.05) is 24.3 Å². The third kappa shape index (κ3) is 2.59. The van der Waals surface area contributed by atoms with E-state index < -0.39 is 4.92 Å². The van der Waals surface area contributed by atoms with E-state index >= 15 is 0 Å². The Morgan fingerprint density at radius 2 is 2.26 bits per heavy atom. The van der Waals surface area contributed by atoms with Crippen LogP contribution in [0.2, 0.25) is 0 Å². The number of hydrogen-bond donors (Lipinski definition) is 0. The van der Waals surface area contributed by atoms with Crippen LogP contribution in [-0.4, -0.2) is 19.7 Å². The van der Waals surface area contributed by atoms with E-state index in [1.54, 1.807) is 11.3 Å². The van der Waals surface area contributed by atoms with Gasteiger partial charge in [0.15, 0.2) is 4.34 Å². The average Bonchev–Trinajstić information content (AvgIpc) is 3.02. The summed E-state index contributed by atoms with van der Waals surface area (Å²) in [6.07, 6.45) is 2.67. The van der Waals surface area contributed by atoms with Gasteiger partial charge in [-0.1, -0.05) is 23.9 Å². The molecule has 19 heavy (non-hydrogen) atoms. The Bertz CT molecular complexity index is 704. The summed E-state index contributed by atoms with van der Waals surface area (Å²) in [5.74, 6) is 0.508. The zero-order chi connectivity index (χ0) is 13.2. The summed E-state index contributed by atoms with van der Waals surface area (Å²) in [5, 5.41) is 14.5. The number of aromatic nitrogens is 3. The molecule has 0 aliphatic rings. The molecule has 96 valence electrons. The van der Waals surface area contributed by atoms with Crippen LogP contribution in [0.15, 0.2) is 41.0 Å². The topological polar surface area (TPSA) is 73.8 Å². The van der Waals surface area contributed by atoms with E-state index in [0.29, 0.717) is 5.88 Å². The number of hydrogen-bond acceptors (Lipinski definition) is 6. The molecule has 0 saturated carbocycles. The minimum Gasteiger partial charge on any atom is -0.258 e. The summed E-state index contributed by atoms with van der Waals surface area (Å²) in [6.45, 7) is 0. The zero-order valence-corrected chi connectivity index (χ0v) is 11.2. The number of fused-ring (bicyclic) bond motifs is 1. The van der Waals surface area contributed by atoms with Crippen molar-refractivity contribution in [1.29, 1.82) is 0 Å².